The second-order valence-electron chi connectivity index (χ2n) is 4.77. The Morgan fingerprint density at radius 1 is 1.30 bits per heavy atom. The van der Waals surface area contributed by atoms with E-state index in [2.05, 4.69) is 26.4 Å². The maximum Gasteiger partial charge on any atom is 0.263 e. The molecule has 6 nitrogen and oxygen atoms in total. The normalized spacial score (nSPS) is 10.9. The molecule has 2 aromatic heterocycles. The summed E-state index contributed by atoms with van der Waals surface area (Å²) in [6.45, 7) is 4.06. The molecule has 20 heavy (non-hydrogen) atoms. The number of aryl methyl sites for hydroxylation is 2. The summed E-state index contributed by atoms with van der Waals surface area (Å²) in [5.74, 6) is 0.411. The molecule has 0 bridgehead atoms. The van der Waals surface area contributed by atoms with E-state index in [0.717, 1.165) is 11.3 Å². The lowest BCUT2D eigenvalue weighted by Crippen LogP contribution is -2.10. The summed E-state index contributed by atoms with van der Waals surface area (Å²) in [6.07, 6.45) is 1.71. The number of aromatic nitrogens is 4. The van der Waals surface area contributed by atoms with Crippen LogP contribution in [0, 0.1) is 13.8 Å². The van der Waals surface area contributed by atoms with Crippen LogP contribution >= 0.6 is 0 Å². The second kappa shape index (κ2) is 4.48. The van der Waals surface area contributed by atoms with Crippen LogP contribution in [0.2, 0.25) is 0 Å². The molecular weight excluding hydrogens is 254 g/mol. The Balaban J connectivity index is 2.23. The lowest BCUT2D eigenvalue weighted by Gasteiger charge is -2.05. The van der Waals surface area contributed by atoms with Crippen molar-refractivity contribution in [1.29, 1.82) is 0 Å². The van der Waals surface area contributed by atoms with E-state index in [9.17, 15) is 4.79 Å². The van der Waals surface area contributed by atoms with Gasteiger partial charge in [0.2, 0.25) is 5.95 Å². The Bertz CT molecular complexity index is 846. The molecule has 0 aliphatic carbocycles. The van der Waals surface area contributed by atoms with Crippen molar-refractivity contribution in [2.75, 3.05) is 12.4 Å². The number of fused-ring (bicyclic) bond motifs is 1. The summed E-state index contributed by atoms with van der Waals surface area (Å²) in [5.41, 5.74) is 3.46. The fourth-order valence-corrected chi connectivity index (χ4v) is 2.22. The molecule has 1 aromatic carbocycles. The highest BCUT2D eigenvalue weighted by Gasteiger charge is 2.10. The van der Waals surface area contributed by atoms with Crippen molar-refractivity contribution in [3.8, 4) is 5.69 Å². The van der Waals surface area contributed by atoms with Gasteiger partial charge in [-0.3, -0.25) is 9.78 Å². The van der Waals surface area contributed by atoms with E-state index in [1.165, 1.54) is 5.56 Å². The molecule has 0 aliphatic rings. The van der Waals surface area contributed by atoms with Crippen LogP contribution in [0.1, 0.15) is 11.1 Å². The van der Waals surface area contributed by atoms with E-state index < -0.39 is 0 Å². The molecule has 0 saturated carbocycles. The average molecular weight is 269 g/mol. The molecule has 0 fully saturated rings. The van der Waals surface area contributed by atoms with Gasteiger partial charge < -0.3 is 5.32 Å². The zero-order valence-electron chi connectivity index (χ0n) is 11.6. The molecule has 0 spiro atoms. The van der Waals surface area contributed by atoms with Crippen LogP contribution in [0.5, 0.6) is 0 Å². The highest BCUT2D eigenvalue weighted by molar-refractivity contribution is 5.74. The van der Waals surface area contributed by atoms with E-state index in [-0.39, 0.29) is 5.56 Å². The van der Waals surface area contributed by atoms with Gasteiger partial charge in [0.25, 0.3) is 5.56 Å². The first-order valence-corrected chi connectivity index (χ1v) is 6.33. The topological polar surface area (TPSA) is 75.6 Å². The summed E-state index contributed by atoms with van der Waals surface area (Å²) < 4.78 is 1.70. The minimum absolute atomic E-state index is 0.199. The van der Waals surface area contributed by atoms with Crippen molar-refractivity contribution in [1.82, 2.24) is 19.7 Å². The summed E-state index contributed by atoms with van der Waals surface area (Å²) in [4.78, 5) is 18.9. The first-order valence-electron chi connectivity index (χ1n) is 6.33. The predicted octanol–water partition coefficient (Wildman–Crippen LogP) is 1.77. The van der Waals surface area contributed by atoms with E-state index in [1.54, 1.807) is 17.9 Å². The minimum atomic E-state index is -0.199. The SMILES string of the molecule is CNc1nc2nn(-c3ccc(C)cc3C)cc2c(=O)[nH]1. The fourth-order valence-electron chi connectivity index (χ4n) is 2.22. The van der Waals surface area contributed by atoms with Gasteiger partial charge in [-0.15, -0.1) is 5.10 Å². The number of anilines is 1. The monoisotopic (exact) mass is 269 g/mol. The number of nitrogens with zero attached hydrogens (tertiary/aromatic N) is 3. The molecule has 102 valence electrons. The number of H-pyrrole nitrogens is 1. The number of hydrogen-bond acceptors (Lipinski definition) is 4. The maximum absolute atomic E-state index is 12.0. The summed E-state index contributed by atoms with van der Waals surface area (Å²) in [7, 11) is 1.70. The highest BCUT2D eigenvalue weighted by atomic mass is 16.1. The van der Waals surface area contributed by atoms with Crippen molar-refractivity contribution in [3.63, 3.8) is 0 Å². The summed E-state index contributed by atoms with van der Waals surface area (Å²) in [6, 6.07) is 6.09. The quantitative estimate of drug-likeness (QED) is 0.743. The average Bonchev–Trinajstić information content (AvgIpc) is 2.82. The van der Waals surface area contributed by atoms with Crippen molar-refractivity contribution >= 4 is 17.0 Å². The molecule has 0 amide bonds. The lowest BCUT2D eigenvalue weighted by molar-refractivity contribution is 0.880. The number of nitrogens with one attached hydrogen (secondary N) is 2. The summed E-state index contributed by atoms with van der Waals surface area (Å²) >= 11 is 0. The first kappa shape index (κ1) is 12.4. The predicted molar refractivity (Wildman–Crippen MR) is 78.5 cm³/mol. The van der Waals surface area contributed by atoms with Crippen LogP contribution < -0.4 is 10.9 Å². The Labute approximate surface area is 115 Å². The Morgan fingerprint density at radius 3 is 2.80 bits per heavy atom. The fraction of sp³-hybridized carbons (Fsp3) is 0.214. The van der Waals surface area contributed by atoms with Crippen LogP contribution in [0.25, 0.3) is 16.7 Å². The molecule has 3 rings (SSSR count). The van der Waals surface area contributed by atoms with Crippen LogP contribution in [0.3, 0.4) is 0 Å². The number of hydrogen-bond donors (Lipinski definition) is 2. The standard InChI is InChI=1S/C14H15N5O/c1-8-4-5-11(9(2)6-8)19-7-10-12(18-19)16-14(15-3)17-13(10)20/h4-7H,1-3H3,(H2,15,16,17,18,20). The van der Waals surface area contributed by atoms with Crippen molar-refractivity contribution in [3.05, 3.63) is 45.9 Å². The third kappa shape index (κ3) is 1.95. The zero-order valence-corrected chi connectivity index (χ0v) is 11.6. The maximum atomic E-state index is 12.0. The molecule has 0 radical (unpaired) electrons. The molecule has 6 heteroatoms. The van der Waals surface area contributed by atoms with Gasteiger partial charge >= 0.3 is 0 Å². The third-order valence-corrected chi connectivity index (χ3v) is 3.22. The molecule has 0 atom stereocenters. The molecule has 2 N–H and O–H groups in total. The van der Waals surface area contributed by atoms with E-state index in [1.807, 2.05) is 26.0 Å². The molecule has 0 aliphatic heterocycles. The van der Waals surface area contributed by atoms with Gasteiger partial charge in [-0.25, -0.2) is 4.68 Å². The highest BCUT2D eigenvalue weighted by Crippen LogP contribution is 2.17. The Hall–Kier alpha value is -2.63. The minimum Gasteiger partial charge on any atom is -0.359 e. The molecule has 2 heterocycles. The van der Waals surface area contributed by atoms with Gasteiger partial charge in [-0.1, -0.05) is 17.7 Å². The van der Waals surface area contributed by atoms with Gasteiger partial charge in [0, 0.05) is 13.2 Å². The van der Waals surface area contributed by atoms with Crippen LogP contribution in [-0.2, 0) is 0 Å². The zero-order chi connectivity index (χ0) is 14.3. The van der Waals surface area contributed by atoms with Gasteiger partial charge in [-0.05, 0) is 25.5 Å². The number of rotatable bonds is 2. The lowest BCUT2D eigenvalue weighted by atomic mass is 10.1. The van der Waals surface area contributed by atoms with Crippen molar-refractivity contribution < 1.29 is 0 Å². The van der Waals surface area contributed by atoms with Gasteiger partial charge in [-0.2, -0.15) is 4.98 Å². The first-order chi connectivity index (χ1) is 9.58. The largest absolute Gasteiger partial charge is 0.359 e. The van der Waals surface area contributed by atoms with Crippen LogP contribution in [-0.4, -0.2) is 26.8 Å². The third-order valence-electron chi connectivity index (χ3n) is 3.22. The molecular formula is C14H15N5O. The van der Waals surface area contributed by atoms with Crippen LogP contribution in [0.4, 0.5) is 5.95 Å². The van der Waals surface area contributed by atoms with E-state index >= 15 is 0 Å². The van der Waals surface area contributed by atoms with E-state index in [4.69, 9.17) is 0 Å². The van der Waals surface area contributed by atoms with Gasteiger partial charge in [0.1, 0.15) is 5.39 Å². The Morgan fingerprint density at radius 2 is 2.10 bits per heavy atom. The van der Waals surface area contributed by atoms with E-state index in [0.29, 0.717) is 17.0 Å². The number of benzene rings is 1. The smallest absolute Gasteiger partial charge is 0.263 e. The van der Waals surface area contributed by atoms with Crippen LogP contribution in [0.15, 0.2) is 29.2 Å². The molecule has 3 aromatic rings. The summed E-state index contributed by atoms with van der Waals surface area (Å²) in [5, 5.41) is 7.68. The Kier molecular flexibility index (Phi) is 2.78. The molecule has 0 unspecified atom stereocenters. The van der Waals surface area contributed by atoms with Crippen molar-refractivity contribution in [2.45, 2.75) is 13.8 Å². The van der Waals surface area contributed by atoms with Crippen molar-refractivity contribution in [2.24, 2.45) is 0 Å². The second-order valence-corrected chi connectivity index (χ2v) is 4.77. The van der Waals surface area contributed by atoms with Gasteiger partial charge in [0.15, 0.2) is 5.65 Å². The number of aromatic amines is 1. The van der Waals surface area contributed by atoms with Gasteiger partial charge in [0.05, 0.1) is 5.69 Å². The molecule has 0 saturated heterocycles.